The minimum Gasteiger partial charge on any atom is -0.394 e. The van der Waals surface area contributed by atoms with E-state index in [1.807, 2.05) is 0 Å². The number of hydrogen-bond acceptors (Lipinski definition) is 44. The van der Waals surface area contributed by atoms with Crippen molar-refractivity contribution in [1.82, 2.24) is 5.32 Å². The molecule has 572 valence electrons. The van der Waals surface area contributed by atoms with Gasteiger partial charge in [-0.15, -0.1) is 0 Å². The van der Waals surface area contributed by atoms with Gasteiger partial charge < -0.3 is 219 Å². The van der Waals surface area contributed by atoms with E-state index in [2.05, 4.69) is 5.32 Å². The van der Waals surface area contributed by atoms with Crippen LogP contribution < -0.4 is 5.32 Å². The van der Waals surface area contributed by atoms with Crippen LogP contribution >= 0.6 is 0 Å². The van der Waals surface area contributed by atoms with Gasteiger partial charge in [-0.2, -0.15) is 0 Å². The zero-order valence-corrected chi connectivity index (χ0v) is 51.5. The molecular formula is C53H91NO44. The Kier molecular flexibility index (Phi) is 29.3. The van der Waals surface area contributed by atoms with Gasteiger partial charge in [0.2, 0.25) is 5.91 Å². The molecule has 8 rings (SSSR count). The maximum Gasteiger partial charge on any atom is 0.217 e. The van der Waals surface area contributed by atoms with Gasteiger partial charge >= 0.3 is 0 Å². The SMILES string of the molecule is CC(=O)N[C@H]1[C@@H](O[C@H]2[C@@H](O)[C@@H](CO)O[C@H](O[C@@H]3[C@@H](O)[C@@H](O[C@@H]4[C@H](O)[C@@H](O[C@H]5[C@H](O)[C@@H]([C@@H](O)CO)O[C@H](O)[C@H]5O)O[C@H]([C@@H](O)CO[C@H]5O[C@H]([C@@H](O)CO)[C@@H](O)[C@H](O)[C@@H]5O)[C@H]4O)O[C@H](CO)[C@H]3O)[C@@H]2O[C@H]2O[C@H](CO)[C@@H](O)[C@H](O)[C@H]2O[C@H]2O[C@H](CO)[C@@H](O)[C@H](O)[C@H]2O)O[C@H](CO)[C@@H](O)[C@@H]1O. The average Bonchev–Trinajstić information content (AvgIpc) is 0.839. The fraction of sp³-hybridized carbons (Fsp3) is 0.981. The third-order valence-corrected chi connectivity index (χ3v) is 18.0. The molecule has 0 aromatic rings. The van der Waals surface area contributed by atoms with Gasteiger partial charge in [-0.1, -0.05) is 0 Å². The molecule has 0 spiro atoms. The summed E-state index contributed by atoms with van der Waals surface area (Å²) < 4.78 is 86.5. The van der Waals surface area contributed by atoms with Gasteiger partial charge in [0.05, 0.1) is 52.9 Å². The molecule has 0 aliphatic carbocycles. The second-order valence-corrected chi connectivity index (χ2v) is 24.6. The minimum absolute atomic E-state index is 0.917. The van der Waals surface area contributed by atoms with Crippen LogP contribution in [0.2, 0.25) is 0 Å². The molecule has 0 aromatic heterocycles. The summed E-state index contributed by atoms with van der Waals surface area (Å²) in [6.45, 7) is -8.23. The minimum atomic E-state index is -2.63. The first kappa shape index (κ1) is 81.4. The van der Waals surface area contributed by atoms with E-state index in [1.54, 1.807) is 0 Å². The summed E-state index contributed by atoms with van der Waals surface area (Å²) in [5.74, 6) is -0.917. The van der Waals surface area contributed by atoms with Crippen LogP contribution in [0.4, 0.5) is 0 Å². The van der Waals surface area contributed by atoms with Gasteiger partial charge in [0.1, 0.15) is 214 Å². The Morgan fingerprint density at radius 2 is 0.663 bits per heavy atom. The predicted molar refractivity (Wildman–Crippen MR) is 294 cm³/mol. The van der Waals surface area contributed by atoms with E-state index in [1.165, 1.54) is 0 Å². The molecule has 98 heavy (non-hydrogen) atoms. The van der Waals surface area contributed by atoms with Crippen molar-refractivity contribution in [3.8, 4) is 0 Å². The second-order valence-electron chi connectivity index (χ2n) is 24.6. The lowest BCUT2D eigenvalue weighted by Crippen LogP contribution is -2.70. The van der Waals surface area contributed by atoms with Crippen molar-refractivity contribution in [3.05, 3.63) is 0 Å². The molecule has 8 saturated heterocycles. The van der Waals surface area contributed by atoms with Crippen molar-refractivity contribution in [1.29, 1.82) is 0 Å². The van der Waals surface area contributed by atoms with Gasteiger partial charge in [-0.25, -0.2) is 0 Å². The summed E-state index contributed by atoms with van der Waals surface area (Å²) in [6, 6.07) is -1.87. The van der Waals surface area contributed by atoms with E-state index in [0.717, 1.165) is 6.92 Å². The highest BCUT2D eigenvalue weighted by atomic mass is 16.8. The molecular weight excluding hydrogens is 1350 g/mol. The van der Waals surface area contributed by atoms with Crippen LogP contribution in [-0.2, 0) is 75.8 Å². The lowest BCUT2D eigenvalue weighted by atomic mass is 9.93. The summed E-state index contributed by atoms with van der Waals surface area (Å²) in [5, 5.41) is 308. The fourth-order valence-electron chi connectivity index (χ4n) is 12.4. The Morgan fingerprint density at radius 1 is 0.316 bits per heavy atom. The van der Waals surface area contributed by atoms with Crippen LogP contribution in [-0.4, -0.2) is 466 Å². The van der Waals surface area contributed by atoms with Crippen LogP contribution in [0.15, 0.2) is 0 Å². The topological polar surface area (TPSA) is 734 Å². The number of ether oxygens (including phenoxy) is 15. The van der Waals surface area contributed by atoms with Gasteiger partial charge in [-0.3, -0.25) is 4.79 Å². The first-order valence-corrected chi connectivity index (χ1v) is 30.9. The van der Waals surface area contributed by atoms with Crippen LogP contribution in [0, 0.1) is 0 Å². The Hall–Kier alpha value is -2.25. The van der Waals surface area contributed by atoms with Crippen molar-refractivity contribution in [2.75, 3.05) is 52.9 Å². The number of carbonyl (C=O) groups excluding carboxylic acids is 1. The van der Waals surface area contributed by atoms with E-state index in [4.69, 9.17) is 71.1 Å². The number of rotatable bonds is 26. The van der Waals surface area contributed by atoms with Crippen molar-refractivity contribution in [2.45, 2.75) is 271 Å². The van der Waals surface area contributed by atoms with E-state index in [9.17, 15) is 148 Å². The zero-order chi connectivity index (χ0) is 72.4. The summed E-state index contributed by atoms with van der Waals surface area (Å²) >= 11 is 0. The number of aliphatic hydroxyl groups excluding tert-OH is 28. The van der Waals surface area contributed by atoms with E-state index in [0.29, 0.717) is 0 Å². The summed E-state index contributed by atoms with van der Waals surface area (Å²) in [5.41, 5.74) is 0. The van der Waals surface area contributed by atoms with Crippen LogP contribution in [0.3, 0.4) is 0 Å². The number of nitrogens with one attached hydrogen (secondary N) is 1. The highest BCUT2D eigenvalue weighted by Gasteiger charge is 2.61. The average molecular weight is 1450 g/mol. The number of amides is 1. The molecule has 8 aliphatic rings. The number of carbonyl (C=O) groups is 1. The van der Waals surface area contributed by atoms with Gasteiger partial charge in [0.15, 0.2) is 50.3 Å². The van der Waals surface area contributed by atoms with Crippen LogP contribution in [0.25, 0.3) is 0 Å². The van der Waals surface area contributed by atoms with E-state index in [-0.39, 0.29) is 0 Å². The van der Waals surface area contributed by atoms with Crippen LogP contribution in [0.5, 0.6) is 0 Å². The Labute approximate surface area is 552 Å². The monoisotopic (exact) mass is 1450 g/mol. The molecule has 0 bridgehead atoms. The zero-order valence-electron chi connectivity index (χ0n) is 51.5. The largest absolute Gasteiger partial charge is 0.394 e. The van der Waals surface area contributed by atoms with Crippen LogP contribution in [0.1, 0.15) is 6.92 Å². The molecule has 29 N–H and O–H groups in total. The normalized spacial score (nSPS) is 50.7. The molecule has 0 radical (unpaired) electrons. The van der Waals surface area contributed by atoms with Crippen molar-refractivity contribution in [3.63, 3.8) is 0 Å². The van der Waals surface area contributed by atoms with Gasteiger partial charge in [0, 0.05) is 6.92 Å². The molecule has 0 saturated carbocycles. The third kappa shape index (κ3) is 17.2. The molecule has 0 unspecified atom stereocenters. The standard InChI is InChI=1S/C53H91NO44/c1-10(62)54-19-25(71)20(66)14(4-57)85-47(19)96-43-24(70)18(8-61)89-53(45(43)98-52-44(28(74)22(68)16(6-59)88-52)97-49-31(77)26(72)21(67)15(5-58)86-49)95-40-23(69)17(7-60)87-50(35(40)81)94-42-33(79)39(13(65)9-84-48-30(76)27(73)29(75)37(91-48)11(63)2-55)92-51(36(42)82)93-41-32(78)38(12(64)3-56)90-46(83)34(41)80/h11-53,55-61,63-83H,2-9H2,1H3,(H,54,62)/t11-,12-,13-,14+,15+,16+,17+,18+,19+,20+,21+,22+,23+,24-,25+,26-,27-,28-,29-,30-,31+,32+,33+,34-,35+,36-,37+,38+,39+,40-,41-,42-,43-,44+,45+,46-,47+,48-,49+,50+,51+,52+,53+/m0/s1. The summed E-state index contributed by atoms with van der Waals surface area (Å²) in [6.07, 6.45) is -93.1. The first-order valence-electron chi connectivity index (χ1n) is 30.9. The number of hydrogen-bond donors (Lipinski definition) is 29. The highest BCUT2D eigenvalue weighted by Crippen LogP contribution is 2.40. The molecule has 8 aliphatic heterocycles. The number of aliphatic hydroxyl groups is 28. The fourth-order valence-corrected chi connectivity index (χ4v) is 12.4. The van der Waals surface area contributed by atoms with Crippen molar-refractivity contribution >= 4 is 5.91 Å². The molecule has 1 amide bonds. The molecule has 8 fully saturated rings. The van der Waals surface area contributed by atoms with Gasteiger partial charge in [0.25, 0.3) is 0 Å². The maximum absolute atomic E-state index is 12.6. The molecule has 45 nitrogen and oxygen atoms in total. The lowest BCUT2D eigenvalue weighted by molar-refractivity contribution is -0.417. The van der Waals surface area contributed by atoms with E-state index >= 15 is 0 Å². The van der Waals surface area contributed by atoms with Crippen molar-refractivity contribution in [2.24, 2.45) is 0 Å². The maximum atomic E-state index is 12.6. The second kappa shape index (κ2) is 35.2. The lowest BCUT2D eigenvalue weighted by Gasteiger charge is -2.52. The van der Waals surface area contributed by atoms with E-state index < -0.39 is 323 Å². The first-order chi connectivity index (χ1) is 46.3. The molecule has 43 atom stereocenters. The molecule has 0 aromatic carbocycles. The molecule has 45 heteroatoms. The quantitative estimate of drug-likeness (QED) is 0.0382. The predicted octanol–water partition coefficient (Wildman–Crippen LogP) is -20.2. The summed E-state index contributed by atoms with van der Waals surface area (Å²) in [4.78, 5) is 12.6. The Bertz CT molecular complexity index is 2420. The third-order valence-electron chi connectivity index (χ3n) is 18.0. The van der Waals surface area contributed by atoms with Crippen molar-refractivity contribution < 1.29 is 219 Å². The Balaban J connectivity index is 1.16. The smallest absolute Gasteiger partial charge is 0.217 e. The molecule has 8 heterocycles. The summed E-state index contributed by atoms with van der Waals surface area (Å²) in [7, 11) is 0. The highest BCUT2D eigenvalue weighted by molar-refractivity contribution is 5.73. The Morgan fingerprint density at radius 3 is 1.18 bits per heavy atom. The van der Waals surface area contributed by atoms with Gasteiger partial charge in [-0.05, 0) is 0 Å².